The van der Waals surface area contributed by atoms with E-state index in [4.69, 9.17) is 11.6 Å². The number of hydrogen-bond donors (Lipinski definition) is 1. The Morgan fingerprint density at radius 2 is 1.84 bits per heavy atom. The van der Waals surface area contributed by atoms with E-state index < -0.39 is 5.82 Å². The molecule has 0 aromatic heterocycles. The van der Waals surface area contributed by atoms with Crippen LogP contribution >= 0.6 is 23.4 Å². The molecular weight excluding hydrogens is 357 g/mol. The first kappa shape index (κ1) is 18.3. The van der Waals surface area contributed by atoms with Crippen LogP contribution in [0.15, 0.2) is 47.4 Å². The highest BCUT2D eigenvalue weighted by Gasteiger charge is 2.15. The molecular formula is C20H21ClFNOS. The molecule has 0 unspecified atom stereocenters. The zero-order valence-corrected chi connectivity index (χ0v) is 15.5. The summed E-state index contributed by atoms with van der Waals surface area (Å²) in [6, 6.07) is 11.8. The lowest BCUT2D eigenvalue weighted by Crippen LogP contribution is -2.12. The molecule has 1 N–H and O–H groups in total. The van der Waals surface area contributed by atoms with Crippen LogP contribution in [0.2, 0.25) is 5.02 Å². The lowest BCUT2D eigenvalue weighted by Gasteiger charge is -2.14. The number of rotatable bonds is 4. The molecule has 2 nitrogen and oxygen atoms in total. The van der Waals surface area contributed by atoms with Crippen LogP contribution in [0.5, 0.6) is 0 Å². The van der Waals surface area contributed by atoms with E-state index in [-0.39, 0.29) is 10.9 Å². The number of anilines is 1. The quantitative estimate of drug-likeness (QED) is 0.612. The third-order valence-corrected chi connectivity index (χ3v) is 6.00. The number of amides is 1. The van der Waals surface area contributed by atoms with Crippen molar-refractivity contribution in [3.8, 4) is 0 Å². The monoisotopic (exact) mass is 377 g/mol. The van der Waals surface area contributed by atoms with Crippen LogP contribution in [-0.4, -0.2) is 11.2 Å². The van der Waals surface area contributed by atoms with Crippen molar-refractivity contribution in [2.24, 2.45) is 0 Å². The summed E-state index contributed by atoms with van der Waals surface area (Å²) in [6.07, 6.45) is 7.75. The Hall–Kier alpha value is -1.52. The first-order valence-corrected chi connectivity index (χ1v) is 9.91. The fourth-order valence-corrected chi connectivity index (χ4v) is 4.53. The molecule has 0 radical (unpaired) electrons. The van der Waals surface area contributed by atoms with Gasteiger partial charge in [-0.1, -0.05) is 43.4 Å². The van der Waals surface area contributed by atoms with Crippen LogP contribution in [0, 0.1) is 5.82 Å². The van der Waals surface area contributed by atoms with Gasteiger partial charge in [0, 0.05) is 21.4 Å². The highest BCUT2D eigenvalue weighted by atomic mass is 35.5. The maximum absolute atomic E-state index is 13.2. The second kappa shape index (κ2) is 8.72. The Morgan fingerprint density at radius 3 is 2.56 bits per heavy atom. The second-order valence-electron chi connectivity index (χ2n) is 6.34. The Kier molecular flexibility index (Phi) is 6.38. The standard InChI is InChI=1S/C20H21ClFNOS/c21-18-13-15(10-11-19(18)22)23-20(24)14-6-5-9-17(12-14)25-16-7-3-1-2-4-8-16/h5-6,9-13,16H,1-4,7-8H2,(H,23,24). The molecule has 0 bridgehead atoms. The predicted octanol–water partition coefficient (Wildman–Crippen LogP) is 6.55. The van der Waals surface area contributed by atoms with Gasteiger partial charge in [-0.3, -0.25) is 4.79 Å². The largest absolute Gasteiger partial charge is 0.322 e. The zero-order chi connectivity index (χ0) is 17.6. The van der Waals surface area contributed by atoms with Crippen molar-refractivity contribution in [1.82, 2.24) is 0 Å². The third-order valence-electron chi connectivity index (χ3n) is 4.38. The van der Waals surface area contributed by atoms with Gasteiger partial charge in [-0.15, -0.1) is 11.8 Å². The predicted molar refractivity (Wildman–Crippen MR) is 103 cm³/mol. The number of carbonyl (C=O) groups excluding carboxylic acids is 1. The lowest BCUT2D eigenvalue weighted by molar-refractivity contribution is 0.102. The van der Waals surface area contributed by atoms with Gasteiger partial charge in [0.15, 0.2) is 0 Å². The minimum absolute atomic E-state index is 0.00419. The number of benzene rings is 2. The molecule has 3 rings (SSSR count). The topological polar surface area (TPSA) is 29.1 Å². The van der Waals surface area contributed by atoms with Crippen LogP contribution in [-0.2, 0) is 0 Å². The van der Waals surface area contributed by atoms with Crippen LogP contribution in [0.1, 0.15) is 48.9 Å². The summed E-state index contributed by atoms with van der Waals surface area (Å²) in [7, 11) is 0. The molecule has 1 aliphatic carbocycles. The van der Waals surface area contributed by atoms with E-state index in [2.05, 4.69) is 11.4 Å². The summed E-state index contributed by atoms with van der Waals surface area (Å²) >= 11 is 7.63. The van der Waals surface area contributed by atoms with Crippen molar-refractivity contribution < 1.29 is 9.18 Å². The van der Waals surface area contributed by atoms with Crippen molar-refractivity contribution in [2.75, 3.05) is 5.32 Å². The molecule has 0 spiro atoms. The maximum atomic E-state index is 13.2. The molecule has 5 heteroatoms. The van der Waals surface area contributed by atoms with Gasteiger partial charge in [0.05, 0.1) is 5.02 Å². The number of halogens is 2. The molecule has 1 amide bonds. The highest BCUT2D eigenvalue weighted by Crippen LogP contribution is 2.33. The van der Waals surface area contributed by atoms with Gasteiger partial charge in [0.1, 0.15) is 5.82 Å². The zero-order valence-electron chi connectivity index (χ0n) is 13.9. The summed E-state index contributed by atoms with van der Waals surface area (Å²) in [4.78, 5) is 13.6. The van der Waals surface area contributed by atoms with E-state index in [9.17, 15) is 9.18 Å². The molecule has 1 aliphatic rings. The van der Waals surface area contributed by atoms with Gasteiger partial charge in [-0.25, -0.2) is 4.39 Å². The Morgan fingerprint density at radius 1 is 1.08 bits per heavy atom. The Labute approximate surface area is 157 Å². The fraction of sp³-hybridized carbons (Fsp3) is 0.350. The van der Waals surface area contributed by atoms with Crippen LogP contribution in [0.3, 0.4) is 0 Å². The van der Waals surface area contributed by atoms with Gasteiger partial charge in [0.2, 0.25) is 0 Å². The van der Waals surface area contributed by atoms with Gasteiger partial charge in [-0.05, 0) is 49.2 Å². The van der Waals surface area contributed by atoms with Crippen LogP contribution in [0.4, 0.5) is 10.1 Å². The molecule has 0 atom stereocenters. The summed E-state index contributed by atoms with van der Waals surface area (Å²) < 4.78 is 13.2. The molecule has 0 aliphatic heterocycles. The van der Waals surface area contributed by atoms with Gasteiger partial charge >= 0.3 is 0 Å². The molecule has 0 heterocycles. The lowest BCUT2D eigenvalue weighted by atomic mass is 10.2. The highest BCUT2D eigenvalue weighted by molar-refractivity contribution is 8.00. The molecule has 0 saturated heterocycles. The summed E-state index contributed by atoms with van der Waals surface area (Å²) in [6.45, 7) is 0. The number of carbonyl (C=O) groups is 1. The Balaban J connectivity index is 1.67. The van der Waals surface area contributed by atoms with Crippen molar-refractivity contribution in [3.05, 3.63) is 58.9 Å². The normalized spacial score (nSPS) is 15.6. The minimum atomic E-state index is -0.499. The van der Waals surface area contributed by atoms with Gasteiger partial charge in [-0.2, -0.15) is 0 Å². The maximum Gasteiger partial charge on any atom is 0.255 e. The molecule has 2 aromatic rings. The van der Waals surface area contributed by atoms with Crippen LogP contribution in [0.25, 0.3) is 0 Å². The van der Waals surface area contributed by atoms with E-state index in [1.807, 2.05) is 23.9 Å². The first-order chi connectivity index (χ1) is 12.1. The molecule has 2 aromatic carbocycles. The number of hydrogen-bond acceptors (Lipinski definition) is 2. The van der Waals surface area contributed by atoms with E-state index in [0.29, 0.717) is 16.5 Å². The summed E-state index contributed by atoms with van der Waals surface area (Å²) in [5.74, 6) is -0.715. The molecule has 1 saturated carbocycles. The molecule has 1 fully saturated rings. The van der Waals surface area contributed by atoms with Crippen LogP contribution < -0.4 is 5.32 Å². The van der Waals surface area contributed by atoms with Gasteiger partial charge < -0.3 is 5.32 Å². The summed E-state index contributed by atoms with van der Waals surface area (Å²) in [5, 5.41) is 3.40. The minimum Gasteiger partial charge on any atom is -0.322 e. The average molecular weight is 378 g/mol. The third kappa shape index (κ3) is 5.23. The van der Waals surface area contributed by atoms with E-state index in [0.717, 1.165) is 4.90 Å². The second-order valence-corrected chi connectivity index (χ2v) is 8.12. The van der Waals surface area contributed by atoms with E-state index >= 15 is 0 Å². The molecule has 132 valence electrons. The van der Waals surface area contributed by atoms with Crippen molar-refractivity contribution >= 4 is 35.0 Å². The Bertz CT molecular complexity index is 744. The first-order valence-electron chi connectivity index (χ1n) is 8.65. The fourth-order valence-electron chi connectivity index (χ4n) is 3.04. The van der Waals surface area contributed by atoms with Crippen molar-refractivity contribution in [2.45, 2.75) is 48.7 Å². The SMILES string of the molecule is O=C(Nc1ccc(F)c(Cl)c1)c1cccc(SC2CCCCCC2)c1. The number of thioether (sulfide) groups is 1. The number of nitrogens with one attached hydrogen (secondary N) is 1. The summed E-state index contributed by atoms with van der Waals surface area (Å²) in [5.41, 5.74) is 1.08. The van der Waals surface area contributed by atoms with Gasteiger partial charge in [0.25, 0.3) is 5.91 Å². The van der Waals surface area contributed by atoms with Crippen molar-refractivity contribution in [3.63, 3.8) is 0 Å². The average Bonchev–Trinajstić information content (AvgIpc) is 2.87. The smallest absolute Gasteiger partial charge is 0.255 e. The van der Waals surface area contributed by atoms with E-state index in [1.165, 1.54) is 56.7 Å². The molecule has 25 heavy (non-hydrogen) atoms. The van der Waals surface area contributed by atoms with E-state index in [1.54, 1.807) is 6.07 Å². The van der Waals surface area contributed by atoms with Crippen molar-refractivity contribution in [1.29, 1.82) is 0 Å².